The number of esters is 2. The van der Waals surface area contributed by atoms with Crippen LogP contribution in [0.4, 0.5) is 0 Å². The van der Waals surface area contributed by atoms with E-state index < -0.39 is 18.0 Å². The minimum Gasteiger partial charge on any atom is -0.465 e. The smallest absolute Gasteiger partial charge is 0.338 e. The number of fused-ring (bicyclic) bond motifs is 1. The lowest BCUT2D eigenvalue weighted by Gasteiger charge is -2.24. The van der Waals surface area contributed by atoms with E-state index in [-0.39, 0.29) is 17.7 Å². The summed E-state index contributed by atoms with van der Waals surface area (Å²) in [5, 5.41) is 0.809. The van der Waals surface area contributed by atoms with Gasteiger partial charge in [0.15, 0.2) is 4.80 Å². The molecule has 1 aliphatic heterocycles. The molecule has 0 saturated carbocycles. The molecule has 0 fully saturated rings. The number of allylic oxidation sites excluding steroid dienone is 1. The minimum absolute atomic E-state index is 0.166. The lowest BCUT2D eigenvalue weighted by Crippen LogP contribution is -2.40. The Labute approximate surface area is 214 Å². The average Bonchev–Trinajstić information content (AvgIpc) is 3.14. The Hall–Kier alpha value is -3.20. The third-order valence-corrected chi connectivity index (χ3v) is 7.08. The van der Waals surface area contributed by atoms with Gasteiger partial charge < -0.3 is 9.47 Å². The number of carbonyl (C=O) groups excluding carboxylic acids is 2. The van der Waals surface area contributed by atoms with E-state index in [1.807, 2.05) is 0 Å². The van der Waals surface area contributed by atoms with Crippen molar-refractivity contribution in [3.63, 3.8) is 0 Å². The van der Waals surface area contributed by atoms with Crippen LogP contribution in [0, 0.1) is 0 Å². The van der Waals surface area contributed by atoms with E-state index in [4.69, 9.17) is 32.7 Å². The summed E-state index contributed by atoms with van der Waals surface area (Å²) in [4.78, 5) is 43.4. The molecule has 35 heavy (non-hydrogen) atoms. The summed E-state index contributed by atoms with van der Waals surface area (Å²) in [6, 6.07) is 10.8. The molecule has 7 nitrogen and oxygen atoms in total. The third kappa shape index (κ3) is 4.69. The molecule has 1 aliphatic rings. The molecule has 0 aliphatic carbocycles. The Morgan fingerprint density at radius 3 is 2.37 bits per heavy atom. The van der Waals surface area contributed by atoms with Gasteiger partial charge in [0.1, 0.15) is 0 Å². The van der Waals surface area contributed by atoms with Gasteiger partial charge in [0.05, 0.1) is 41.1 Å². The molecule has 0 spiro atoms. The lowest BCUT2D eigenvalue weighted by molar-refractivity contribution is -0.139. The second kappa shape index (κ2) is 10.2. The summed E-state index contributed by atoms with van der Waals surface area (Å²) in [5.41, 5.74) is 1.79. The first-order chi connectivity index (χ1) is 16.8. The monoisotopic (exact) mass is 530 g/mol. The van der Waals surface area contributed by atoms with Crippen molar-refractivity contribution in [2.45, 2.75) is 19.9 Å². The number of hydrogen-bond acceptors (Lipinski definition) is 7. The van der Waals surface area contributed by atoms with Gasteiger partial charge in [-0.25, -0.2) is 14.6 Å². The second-order valence-corrected chi connectivity index (χ2v) is 9.37. The molecule has 10 heteroatoms. The van der Waals surface area contributed by atoms with Gasteiger partial charge in [-0.2, -0.15) is 0 Å². The maximum absolute atomic E-state index is 13.6. The van der Waals surface area contributed by atoms with Gasteiger partial charge in [0.25, 0.3) is 5.56 Å². The van der Waals surface area contributed by atoms with E-state index in [0.29, 0.717) is 41.8 Å². The zero-order valence-corrected chi connectivity index (χ0v) is 21.3. The molecule has 0 amide bonds. The lowest BCUT2D eigenvalue weighted by atomic mass is 9.95. The standard InChI is InChI=1S/C25H20Cl2N2O5S/c1-4-34-24(32)20-13(2)28-25-29(21(20)14-8-10-15(11-9-14)23(31)33-3)22(30)19(35-25)12-16-17(26)6-5-7-18(16)27/h5-12,21H,4H2,1-3H3. The molecule has 2 heterocycles. The maximum atomic E-state index is 13.6. The van der Waals surface area contributed by atoms with Crippen LogP contribution in [0.2, 0.25) is 10.0 Å². The van der Waals surface area contributed by atoms with Gasteiger partial charge in [-0.3, -0.25) is 9.36 Å². The van der Waals surface area contributed by atoms with Crippen molar-refractivity contribution in [1.29, 1.82) is 0 Å². The first-order valence-corrected chi connectivity index (χ1v) is 12.2. The minimum atomic E-state index is -0.805. The van der Waals surface area contributed by atoms with Gasteiger partial charge in [-0.1, -0.05) is 52.7 Å². The first-order valence-electron chi connectivity index (χ1n) is 10.6. The van der Waals surface area contributed by atoms with Crippen LogP contribution in [-0.2, 0) is 14.3 Å². The Morgan fingerprint density at radius 2 is 1.77 bits per heavy atom. The van der Waals surface area contributed by atoms with E-state index in [1.54, 1.807) is 62.4 Å². The molecule has 1 unspecified atom stereocenters. The molecular formula is C25H20Cl2N2O5S. The van der Waals surface area contributed by atoms with Crippen molar-refractivity contribution in [3.05, 3.63) is 100 Å². The summed E-state index contributed by atoms with van der Waals surface area (Å²) < 4.78 is 11.9. The number of benzene rings is 2. The number of thiazole rings is 1. The number of rotatable bonds is 5. The highest BCUT2D eigenvalue weighted by molar-refractivity contribution is 7.07. The zero-order valence-electron chi connectivity index (χ0n) is 19.0. The fraction of sp³-hybridized carbons (Fsp3) is 0.200. The van der Waals surface area contributed by atoms with Crippen LogP contribution in [0.5, 0.6) is 0 Å². The molecule has 0 bridgehead atoms. The molecular weight excluding hydrogens is 511 g/mol. The van der Waals surface area contributed by atoms with E-state index in [9.17, 15) is 14.4 Å². The highest BCUT2D eigenvalue weighted by Gasteiger charge is 2.33. The summed E-state index contributed by atoms with van der Waals surface area (Å²) in [6.45, 7) is 3.57. The second-order valence-electron chi connectivity index (χ2n) is 7.55. The van der Waals surface area contributed by atoms with Crippen molar-refractivity contribution in [1.82, 2.24) is 4.57 Å². The Balaban J connectivity index is 1.95. The molecule has 1 aromatic heterocycles. The van der Waals surface area contributed by atoms with Crippen molar-refractivity contribution in [3.8, 4) is 0 Å². The van der Waals surface area contributed by atoms with E-state index >= 15 is 0 Å². The predicted octanol–water partition coefficient (Wildman–Crippen LogP) is 3.89. The maximum Gasteiger partial charge on any atom is 0.338 e. The molecule has 0 radical (unpaired) electrons. The number of aromatic nitrogens is 1. The number of methoxy groups -OCH3 is 1. The van der Waals surface area contributed by atoms with Crippen LogP contribution in [0.3, 0.4) is 0 Å². The number of carbonyl (C=O) groups is 2. The van der Waals surface area contributed by atoms with Gasteiger partial charge in [-0.05, 0) is 49.8 Å². The molecule has 1 atom stereocenters. The summed E-state index contributed by atoms with van der Waals surface area (Å²) in [6.07, 6.45) is 1.62. The molecule has 3 aromatic rings. The van der Waals surface area contributed by atoms with Crippen LogP contribution in [-0.4, -0.2) is 30.2 Å². The fourth-order valence-corrected chi connectivity index (χ4v) is 5.34. The molecule has 2 aromatic carbocycles. The SMILES string of the molecule is CCOC(=O)C1=C(C)N=c2sc(=Cc3c(Cl)cccc3Cl)c(=O)n2C1c1ccc(C(=O)OC)cc1. The molecule has 0 saturated heterocycles. The summed E-state index contributed by atoms with van der Waals surface area (Å²) in [7, 11) is 1.30. The van der Waals surface area contributed by atoms with Crippen LogP contribution < -0.4 is 14.9 Å². The van der Waals surface area contributed by atoms with Crippen molar-refractivity contribution >= 4 is 52.6 Å². The van der Waals surface area contributed by atoms with E-state index in [1.165, 1.54) is 23.0 Å². The van der Waals surface area contributed by atoms with Crippen LogP contribution in [0.25, 0.3) is 6.08 Å². The van der Waals surface area contributed by atoms with Gasteiger partial charge >= 0.3 is 11.9 Å². The average molecular weight is 531 g/mol. The number of nitrogens with zero attached hydrogens (tertiary/aromatic N) is 2. The summed E-state index contributed by atoms with van der Waals surface area (Å²) in [5.74, 6) is -1.06. The quantitative estimate of drug-likeness (QED) is 0.467. The topological polar surface area (TPSA) is 87.0 Å². The van der Waals surface area contributed by atoms with Crippen LogP contribution in [0.1, 0.15) is 41.4 Å². The summed E-state index contributed by atoms with van der Waals surface area (Å²) >= 11 is 13.8. The number of halogens is 2. The third-order valence-electron chi connectivity index (χ3n) is 5.44. The predicted molar refractivity (Wildman–Crippen MR) is 135 cm³/mol. The Morgan fingerprint density at radius 1 is 1.11 bits per heavy atom. The Kier molecular flexibility index (Phi) is 7.25. The fourth-order valence-electron chi connectivity index (χ4n) is 3.81. The van der Waals surface area contributed by atoms with Gasteiger partial charge in [0, 0.05) is 15.6 Å². The van der Waals surface area contributed by atoms with Crippen LogP contribution >= 0.6 is 34.5 Å². The van der Waals surface area contributed by atoms with Crippen molar-refractivity contribution in [2.24, 2.45) is 4.99 Å². The first kappa shape index (κ1) is 24.9. The zero-order chi connectivity index (χ0) is 25.3. The molecule has 4 rings (SSSR count). The number of hydrogen-bond donors (Lipinski definition) is 0. The van der Waals surface area contributed by atoms with Gasteiger partial charge in [-0.15, -0.1) is 0 Å². The molecule has 180 valence electrons. The number of ether oxygens (including phenoxy) is 2. The van der Waals surface area contributed by atoms with Crippen LogP contribution in [0.15, 0.2) is 63.5 Å². The molecule has 0 N–H and O–H groups in total. The Bertz CT molecular complexity index is 1520. The van der Waals surface area contributed by atoms with E-state index in [0.717, 1.165) is 0 Å². The van der Waals surface area contributed by atoms with E-state index in [2.05, 4.69) is 4.99 Å². The highest BCUT2D eigenvalue weighted by atomic mass is 35.5. The van der Waals surface area contributed by atoms with Gasteiger partial charge in [0.2, 0.25) is 0 Å². The van der Waals surface area contributed by atoms with Crippen molar-refractivity contribution < 1.29 is 19.1 Å². The highest BCUT2D eigenvalue weighted by Crippen LogP contribution is 2.31. The largest absolute Gasteiger partial charge is 0.465 e. The van der Waals surface area contributed by atoms with Crippen molar-refractivity contribution in [2.75, 3.05) is 13.7 Å². The normalized spacial score (nSPS) is 15.5.